The molecule has 2 amide bonds. The fourth-order valence-electron chi connectivity index (χ4n) is 4.94. The predicted molar refractivity (Wildman–Crippen MR) is 122 cm³/mol. The summed E-state index contributed by atoms with van der Waals surface area (Å²) in [4.78, 5) is 38.5. The van der Waals surface area contributed by atoms with Gasteiger partial charge in [-0.05, 0) is 73.1 Å². The normalized spacial score (nSPS) is 22.5. The average Bonchev–Trinajstić information content (AvgIpc) is 2.76. The summed E-state index contributed by atoms with van der Waals surface area (Å²) >= 11 is 5.52. The van der Waals surface area contributed by atoms with Crippen LogP contribution in [0.5, 0.6) is 0 Å². The van der Waals surface area contributed by atoms with Crippen LogP contribution in [0.2, 0.25) is 0 Å². The van der Waals surface area contributed by atoms with Gasteiger partial charge in [0.15, 0.2) is 0 Å². The van der Waals surface area contributed by atoms with Gasteiger partial charge in [-0.25, -0.2) is 0 Å². The molecule has 7 heteroatoms. The van der Waals surface area contributed by atoms with E-state index in [1.807, 2.05) is 42.5 Å². The van der Waals surface area contributed by atoms with Crippen molar-refractivity contribution in [3.8, 4) is 0 Å². The van der Waals surface area contributed by atoms with E-state index in [4.69, 9.17) is 11.6 Å². The predicted octanol–water partition coefficient (Wildman–Crippen LogP) is 4.07. The number of piperidine rings is 2. The molecule has 0 spiro atoms. The molecular weight excluding hydrogens is 435 g/mol. The second-order valence-corrected chi connectivity index (χ2v) is 8.58. The first-order chi connectivity index (χ1) is 14.5. The summed E-state index contributed by atoms with van der Waals surface area (Å²) in [6.07, 6.45) is 2.75. The van der Waals surface area contributed by atoms with Crippen LogP contribution in [0.1, 0.15) is 47.2 Å². The largest absolute Gasteiger partial charge is 0.299 e. The van der Waals surface area contributed by atoms with Crippen molar-refractivity contribution in [3.63, 3.8) is 0 Å². The highest BCUT2D eigenvalue weighted by Crippen LogP contribution is 2.44. The zero-order chi connectivity index (χ0) is 21.1. The Morgan fingerprint density at radius 3 is 2.26 bits per heavy atom. The first-order valence-electron chi connectivity index (χ1n) is 10.4. The van der Waals surface area contributed by atoms with Gasteiger partial charge in [0.05, 0.1) is 5.41 Å². The maximum absolute atomic E-state index is 13.1. The summed E-state index contributed by atoms with van der Waals surface area (Å²) in [6, 6.07) is 17.3. The van der Waals surface area contributed by atoms with E-state index < -0.39 is 10.7 Å². The van der Waals surface area contributed by atoms with E-state index in [1.165, 1.54) is 0 Å². The van der Waals surface area contributed by atoms with Gasteiger partial charge in [-0.2, -0.15) is 0 Å². The Bertz CT molecular complexity index is 941. The Labute approximate surface area is 193 Å². The van der Waals surface area contributed by atoms with E-state index in [0.717, 1.165) is 43.6 Å². The molecule has 1 N–H and O–H groups in total. The van der Waals surface area contributed by atoms with E-state index in [9.17, 15) is 14.4 Å². The number of imide groups is 1. The number of likely N-dealkylation sites (tertiary alicyclic amines) is 1. The highest BCUT2D eigenvalue weighted by molar-refractivity contribution is 6.67. The molecule has 2 aromatic rings. The molecule has 31 heavy (non-hydrogen) atoms. The Balaban J connectivity index is 0.00000272. The van der Waals surface area contributed by atoms with Crippen molar-refractivity contribution in [1.82, 2.24) is 10.2 Å². The van der Waals surface area contributed by atoms with Crippen LogP contribution >= 0.6 is 24.0 Å². The lowest BCUT2D eigenvalue weighted by atomic mass is 9.62. The summed E-state index contributed by atoms with van der Waals surface area (Å²) in [5.74, 6) is -0.131. The van der Waals surface area contributed by atoms with E-state index in [1.54, 1.807) is 12.1 Å². The van der Waals surface area contributed by atoms with Crippen LogP contribution in [0.3, 0.4) is 0 Å². The third-order valence-corrected chi connectivity index (χ3v) is 6.78. The standard InChI is InChI=1S/C24H25ClN2O3.ClH/c25-22(29)18-8-6-17(7-9-18)16-27-14-11-20(12-15-27)24(19-4-2-1-3-5-19)13-10-21(28)26-23(24)30;/h1-9,20H,10-16H2,(H,26,28,30);1H. The molecule has 2 saturated heterocycles. The second kappa shape index (κ2) is 9.94. The van der Waals surface area contributed by atoms with E-state index in [2.05, 4.69) is 10.2 Å². The molecule has 0 saturated carbocycles. The van der Waals surface area contributed by atoms with E-state index in [-0.39, 0.29) is 30.1 Å². The maximum atomic E-state index is 13.1. The summed E-state index contributed by atoms with van der Waals surface area (Å²) in [5.41, 5.74) is 2.01. The monoisotopic (exact) mass is 460 g/mol. The molecular formula is C24H26Cl2N2O3. The van der Waals surface area contributed by atoms with Gasteiger partial charge in [0.2, 0.25) is 11.8 Å². The minimum atomic E-state index is -0.635. The molecule has 2 aliphatic rings. The molecule has 0 bridgehead atoms. The molecule has 2 aliphatic heterocycles. The Morgan fingerprint density at radius 2 is 1.68 bits per heavy atom. The number of hydrogen-bond donors (Lipinski definition) is 1. The van der Waals surface area contributed by atoms with Crippen LogP contribution in [0.25, 0.3) is 0 Å². The molecule has 5 nitrogen and oxygen atoms in total. The summed E-state index contributed by atoms with van der Waals surface area (Å²) in [6.45, 7) is 2.57. The third-order valence-electron chi connectivity index (χ3n) is 6.57. The number of nitrogens with one attached hydrogen (secondary N) is 1. The molecule has 4 rings (SSSR count). The van der Waals surface area contributed by atoms with Crippen molar-refractivity contribution in [2.75, 3.05) is 13.1 Å². The fourth-order valence-corrected chi connectivity index (χ4v) is 5.07. The number of carbonyl (C=O) groups is 3. The Morgan fingerprint density at radius 1 is 1.03 bits per heavy atom. The highest BCUT2D eigenvalue weighted by atomic mass is 35.5. The van der Waals surface area contributed by atoms with Gasteiger partial charge in [0.25, 0.3) is 5.24 Å². The first-order valence-corrected chi connectivity index (χ1v) is 10.8. The van der Waals surface area contributed by atoms with Crippen LogP contribution in [-0.4, -0.2) is 35.0 Å². The minimum Gasteiger partial charge on any atom is -0.299 e. The molecule has 164 valence electrons. The quantitative estimate of drug-likeness (QED) is 0.539. The SMILES string of the molecule is Cl.O=C1CCC(c2ccccc2)(C2CCN(Cc3ccc(C(=O)Cl)cc3)CC2)C(=O)N1. The summed E-state index contributed by atoms with van der Waals surface area (Å²) < 4.78 is 0. The number of carbonyl (C=O) groups excluding carboxylic acids is 3. The number of nitrogens with zero attached hydrogens (tertiary/aromatic N) is 1. The summed E-state index contributed by atoms with van der Waals surface area (Å²) in [7, 11) is 0. The number of rotatable bonds is 5. The topological polar surface area (TPSA) is 66.5 Å². The number of amides is 2. The Kier molecular flexibility index (Phi) is 7.52. The van der Waals surface area contributed by atoms with Crippen LogP contribution in [0, 0.1) is 5.92 Å². The number of halogens is 2. The van der Waals surface area contributed by atoms with Crippen molar-refractivity contribution in [3.05, 3.63) is 71.3 Å². The second-order valence-electron chi connectivity index (χ2n) is 8.24. The molecule has 1 unspecified atom stereocenters. The van der Waals surface area contributed by atoms with Crippen molar-refractivity contribution in [2.45, 2.75) is 37.6 Å². The van der Waals surface area contributed by atoms with Crippen LogP contribution in [0.15, 0.2) is 54.6 Å². The molecule has 2 heterocycles. The molecule has 1 atom stereocenters. The van der Waals surface area contributed by atoms with Gasteiger partial charge in [0, 0.05) is 18.5 Å². The Hall–Kier alpha value is -2.21. The van der Waals surface area contributed by atoms with Gasteiger partial charge in [-0.3, -0.25) is 24.6 Å². The van der Waals surface area contributed by atoms with Gasteiger partial charge in [-0.1, -0.05) is 42.5 Å². The van der Waals surface area contributed by atoms with Crippen LogP contribution < -0.4 is 5.32 Å². The summed E-state index contributed by atoms with van der Waals surface area (Å²) in [5, 5.41) is 2.16. The van der Waals surface area contributed by atoms with Gasteiger partial charge in [-0.15, -0.1) is 12.4 Å². The zero-order valence-electron chi connectivity index (χ0n) is 17.2. The zero-order valence-corrected chi connectivity index (χ0v) is 18.8. The highest BCUT2D eigenvalue weighted by Gasteiger charge is 2.50. The van der Waals surface area contributed by atoms with Gasteiger partial charge >= 0.3 is 0 Å². The number of hydrogen-bond acceptors (Lipinski definition) is 4. The van der Waals surface area contributed by atoms with Crippen molar-refractivity contribution >= 4 is 41.1 Å². The molecule has 2 aromatic carbocycles. The number of benzene rings is 2. The molecule has 2 fully saturated rings. The molecule has 0 aromatic heterocycles. The maximum Gasteiger partial charge on any atom is 0.252 e. The van der Waals surface area contributed by atoms with E-state index >= 15 is 0 Å². The lowest BCUT2D eigenvalue weighted by Crippen LogP contribution is -2.57. The third kappa shape index (κ3) is 4.84. The molecule has 0 aliphatic carbocycles. The van der Waals surface area contributed by atoms with Crippen LogP contribution in [0.4, 0.5) is 0 Å². The lowest BCUT2D eigenvalue weighted by Gasteiger charge is -2.45. The first kappa shape index (κ1) is 23.5. The van der Waals surface area contributed by atoms with Crippen molar-refractivity contribution < 1.29 is 14.4 Å². The van der Waals surface area contributed by atoms with Gasteiger partial charge < -0.3 is 0 Å². The average molecular weight is 461 g/mol. The van der Waals surface area contributed by atoms with Crippen molar-refractivity contribution in [1.29, 1.82) is 0 Å². The van der Waals surface area contributed by atoms with Gasteiger partial charge in [0.1, 0.15) is 0 Å². The smallest absolute Gasteiger partial charge is 0.252 e. The van der Waals surface area contributed by atoms with Crippen molar-refractivity contribution in [2.24, 2.45) is 5.92 Å². The minimum absolute atomic E-state index is 0. The fraction of sp³-hybridized carbons (Fsp3) is 0.375. The van der Waals surface area contributed by atoms with Crippen LogP contribution in [-0.2, 0) is 21.5 Å². The molecule has 0 radical (unpaired) electrons. The lowest BCUT2D eigenvalue weighted by molar-refractivity contribution is -0.140. The van der Waals surface area contributed by atoms with E-state index in [0.29, 0.717) is 18.4 Å².